The highest BCUT2D eigenvalue weighted by Gasteiger charge is 2.06. The summed E-state index contributed by atoms with van der Waals surface area (Å²) in [6, 6.07) is 5.60. The lowest BCUT2D eigenvalue weighted by Gasteiger charge is -1.87. The van der Waals surface area contributed by atoms with Crippen LogP contribution >= 0.6 is 22.6 Å². The van der Waals surface area contributed by atoms with Crippen molar-refractivity contribution >= 4 is 40.0 Å². The van der Waals surface area contributed by atoms with E-state index < -0.39 is 0 Å². The van der Waals surface area contributed by atoms with E-state index in [-0.39, 0.29) is 5.89 Å². The molecule has 0 aliphatic carbocycles. The lowest BCUT2D eigenvalue weighted by atomic mass is 10.3. The summed E-state index contributed by atoms with van der Waals surface area (Å²) in [5.41, 5.74) is 1.41. The molecule has 0 aliphatic rings. The first-order chi connectivity index (χ1) is 5.81. The number of oxazole rings is 1. The van der Waals surface area contributed by atoms with Crippen molar-refractivity contribution in [2.45, 2.75) is 0 Å². The van der Waals surface area contributed by atoms with Gasteiger partial charge in [-0.3, -0.25) is 4.79 Å². The third-order valence-corrected chi connectivity index (χ3v) is 2.33. The molecule has 0 saturated carbocycles. The van der Waals surface area contributed by atoms with E-state index in [1.54, 1.807) is 0 Å². The largest absolute Gasteiger partial charge is 0.433 e. The van der Waals surface area contributed by atoms with Crippen molar-refractivity contribution in [3.63, 3.8) is 0 Å². The van der Waals surface area contributed by atoms with Crippen molar-refractivity contribution in [2.75, 3.05) is 0 Å². The standard InChI is InChI=1S/C8H4INO2/c9-5-2-1-3-6-8(5)12-7(4-11)10-6/h1-4H. The summed E-state index contributed by atoms with van der Waals surface area (Å²) in [5, 5.41) is 0. The zero-order valence-electron chi connectivity index (χ0n) is 5.95. The number of hydrogen-bond donors (Lipinski definition) is 0. The van der Waals surface area contributed by atoms with Gasteiger partial charge >= 0.3 is 0 Å². The number of fused-ring (bicyclic) bond motifs is 1. The third kappa shape index (κ3) is 1.12. The minimum absolute atomic E-state index is 0.133. The monoisotopic (exact) mass is 273 g/mol. The molecule has 0 radical (unpaired) electrons. The molecule has 60 valence electrons. The fourth-order valence-electron chi connectivity index (χ4n) is 0.983. The van der Waals surface area contributed by atoms with Gasteiger partial charge in [-0.2, -0.15) is 0 Å². The van der Waals surface area contributed by atoms with Crippen molar-refractivity contribution in [3.05, 3.63) is 27.7 Å². The highest BCUT2D eigenvalue weighted by atomic mass is 127. The molecular formula is C8H4INO2. The van der Waals surface area contributed by atoms with Crippen LogP contribution < -0.4 is 0 Å². The van der Waals surface area contributed by atoms with Crippen molar-refractivity contribution < 1.29 is 9.21 Å². The number of hydrogen-bond acceptors (Lipinski definition) is 3. The first kappa shape index (κ1) is 7.72. The van der Waals surface area contributed by atoms with Gasteiger partial charge in [0.15, 0.2) is 5.58 Å². The molecule has 12 heavy (non-hydrogen) atoms. The fourth-order valence-corrected chi connectivity index (χ4v) is 1.58. The fraction of sp³-hybridized carbons (Fsp3) is 0. The van der Waals surface area contributed by atoms with Crippen LogP contribution in [-0.2, 0) is 0 Å². The van der Waals surface area contributed by atoms with Crippen LogP contribution in [0, 0.1) is 3.57 Å². The van der Waals surface area contributed by atoms with E-state index in [0.717, 1.165) is 9.09 Å². The van der Waals surface area contributed by atoms with Crippen LogP contribution in [0.5, 0.6) is 0 Å². The van der Waals surface area contributed by atoms with E-state index in [0.29, 0.717) is 11.9 Å². The number of halogens is 1. The first-order valence-corrected chi connectivity index (χ1v) is 4.39. The van der Waals surface area contributed by atoms with E-state index in [1.165, 1.54) is 0 Å². The molecule has 0 fully saturated rings. The van der Waals surface area contributed by atoms with E-state index in [2.05, 4.69) is 27.6 Å². The molecule has 0 spiro atoms. The number of rotatable bonds is 1. The predicted octanol–water partition coefficient (Wildman–Crippen LogP) is 2.24. The minimum Gasteiger partial charge on any atom is -0.433 e. The molecule has 1 aromatic carbocycles. The molecule has 4 heteroatoms. The van der Waals surface area contributed by atoms with Crippen molar-refractivity contribution in [1.82, 2.24) is 4.98 Å². The second-order valence-corrected chi connectivity index (χ2v) is 3.42. The molecule has 0 atom stereocenters. The van der Waals surface area contributed by atoms with Gasteiger partial charge in [0, 0.05) is 0 Å². The zero-order chi connectivity index (χ0) is 8.55. The van der Waals surface area contributed by atoms with Crippen molar-refractivity contribution in [2.24, 2.45) is 0 Å². The Morgan fingerprint density at radius 2 is 2.33 bits per heavy atom. The molecule has 2 aromatic rings. The number of benzene rings is 1. The van der Waals surface area contributed by atoms with Crippen LogP contribution in [-0.4, -0.2) is 11.3 Å². The molecule has 0 unspecified atom stereocenters. The van der Waals surface area contributed by atoms with Crippen LogP contribution in [0.2, 0.25) is 0 Å². The maximum absolute atomic E-state index is 10.3. The molecule has 2 rings (SSSR count). The van der Waals surface area contributed by atoms with Gasteiger partial charge in [0.05, 0.1) is 3.57 Å². The Morgan fingerprint density at radius 3 is 3.00 bits per heavy atom. The molecular weight excluding hydrogens is 269 g/mol. The zero-order valence-corrected chi connectivity index (χ0v) is 8.11. The quantitative estimate of drug-likeness (QED) is 0.591. The van der Waals surface area contributed by atoms with Gasteiger partial charge in [0.2, 0.25) is 6.29 Å². The number of carbonyl (C=O) groups excluding carboxylic acids is 1. The molecule has 1 heterocycles. The van der Waals surface area contributed by atoms with Crippen LogP contribution in [0.25, 0.3) is 11.1 Å². The Balaban J connectivity index is 2.82. The summed E-state index contributed by atoms with van der Waals surface area (Å²) in [6.07, 6.45) is 0.607. The van der Waals surface area contributed by atoms with Crippen LogP contribution in [0.4, 0.5) is 0 Å². The third-order valence-electron chi connectivity index (χ3n) is 1.48. The summed E-state index contributed by atoms with van der Waals surface area (Å²) >= 11 is 2.14. The van der Waals surface area contributed by atoms with Crippen LogP contribution in [0.15, 0.2) is 22.6 Å². The summed E-state index contributed by atoms with van der Waals surface area (Å²) in [4.78, 5) is 14.3. The van der Waals surface area contributed by atoms with Gasteiger partial charge < -0.3 is 4.42 Å². The van der Waals surface area contributed by atoms with E-state index in [9.17, 15) is 4.79 Å². The molecule has 0 aliphatic heterocycles. The number of aromatic nitrogens is 1. The first-order valence-electron chi connectivity index (χ1n) is 3.31. The average Bonchev–Trinajstić information content (AvgIpc) is 2.49. The molecule has 0 saturated heterocycles. The number of aldehydes is 1. The van der Waals surface area contributed by atoms with E-state index >= 15 is 0 Å². The molecule has 3 nitrogen and oxygen atoms in total. The second kappa shape index (κ2) is 2.85. The molecule has 1 aromatic heterocycles. The lowest BCUT2D eigenvalue weighted by molar-refractivity contribution is 0.109. The topological polar surface area (TPSA) is 43.1 Å². The Hall–Kier alpha value is -0.910. The highest BCUT2D eigenvalue weighted by Crippen LogP contribution is 2.20. The van der Waals surface area contributed by atoms with Crippen LogP contribution in [0.1, 0.15) is 10.7 Å². The average molecular weight is 273 g/mol. The number of para-hydroxylation sites is 1. The van der Waals surface area contributed by atoms with Gasteiger partial charge in [0.1, 0.15) is 5.52 Å². The maximum atomic E-state index is 10.3. The van der Waals surface area contributed by atoms with Crippen molar-refractivity contribution in [1.29, 1.82) is 0 Å². The van der Waals surface area contributed by atoms with Gasteiger partial charge in [-0.05, 0) is 34.7 Å². The molecule has 0 amide bonds. The SMILES string of the molecule is O=Cc1nc2cccc(I)c2o1. The highest BCUT2D eigenvalue weighted by molar-refractivity contribution is 14.1. The maximum Gasteiger partial charge on any atom is 0.260 e. The number of carbonyl (C=O) groups is 1. The van der Waals surface area contributed by atoms with Gasteiger partial charge in [-0.1, -0.05) is 6.07 Å². The summed E-state index contributed by atoms with van der Waals surface area (Å²) in [7, 11) is 0. The van der Waals surface area contributed by atoms with Gasteiger partial charge in [0.25, 0.3) is 5.89 Å². The van der Waals surface area contributed by atoms with Crippen LogP contribution in [0.3, 0.4) is 0 Å². The minimum atomic E-state index is 0.133. The summed E-state index contributed by atoms with van der Waals surface area (Å²) in [5.74, 6) is 0.133. The van der Waals surface area contributed by atoms with Gasteiger partial charge in [-0.25, -0.2) is 4.98 Å². The molecule has 0 bridgehead atoms. The second-order valence-electron chi connectivity index (χ2n) is 2.26. The lowest BCUT2D eigenvalue weighted by Crippen LogP contribution is -1.74. The summed E-state index contributed by atoms with van der Waals surface area (Å²) in [6.45, 7) is 0. The predicted molar refractivity (Wildman–Crippen MR) is 52.1 cm³/mol. The Kier molecular flexibility index (Phi) is 1.84. The Bertz CT molecular complexity index is 436. The normalized spacial score (nSPS) is 10.4. The number of nitrogens with zero attached hydrogens (tertiary/aromatic N) is 1. The summed E-state index contributed by atoms with van der Waals surface area (Å²) < 4.78 is 6.12. The smallest absolute Gasteiger partial charge is 0.260 e. The Morgan fingerprint density at radius 1 is 1.50 bits per heavy atom. The van der Waals surface area contributed by atoms with E-state index in [1.807, 2.05) is 18.2 Å². The Labute approximate surface area is 81.9 Å². The van der Waals surface area contributed by atoms with E-state index in [4.69, 9.17) is 4.42 Å². The van der Waals surface area contributed by atoms with Gasteiger partial charge in [-0.15, -0.1) is 0 Å². The van der Waals surface area contributed by atoms with Crippen molar-refractivity contribution in [3.8, 4) is 0 Å². The molecule has 0 N–H and O–H groups in total.